The van der Waals surface area contributed by atoms with Gasteiger partial charge in [0, 0.05) is 35.5 Å². The average Bonchev–Trinajstić information content (AvgIpc) is 2.95. The first-order valence-electron chi connectivity index (χ1n) is 11.7. The number of nitrogens with zero attached hydrogens (tertiary/aromatic N) is 2. The maximum absolute atomic E-state index is 12.1. The number of ether oxygens (including phenoxy) is 6. The van der Waals surface area contributed by atoms with Crippen molar-refractivity contribution < 1.29 is 38.0 Å². The van der Waals surface area contributed by atoms with Crippen molar-refractivity contribution in [3.63, 3.8) is 0 Å². The lowest BCUT2D eigenvalue weighted by molar-refractivity contribution is -0.121. The van der Waals surface area contributed by atoms with Crippen LogP contribution in [0.5, 0.6) is 34.5 Å². The van der Waals surface area contributed by atoms with Gasteiger partial charge in [-0.05, 0) is 24.3 Å². The van der Waals surface area contributed by atoms with Crippen molar-refractivity contribution in [1.29, 1.82) is 0 Å². The lowest BCUT2D eigenvalue weighted by Crippen LogP contribution is -2.19. The second-order valence-corrected chi connectivity index (χ2v) is 8.84. The molecule has 2 amide bonds. The van der Waals surface area contributed by atoms with Crippen molar-refractivity contribution in [2.24, 2.45) is 10.2 Å². The molecule has 0 unspecified atom stereocenters. The van der Waals surface area contributed by atoms with Crippen LogP contribution in [0.15, 0.2) is 34.5 Å². The summed E-state index contributed by atoms with van der Waals surface area (Å²) in [5.41, 5.74) is 6.29. The van der Waals surface area contributed by atoms with E-state index in [4.69, 9.17) is 28.4 Å². The highest BCUT2D eigenvalue weighted by molar-refractivity contribution is 7.99. The van der Waals surface area contributed by atoms with Gasteiger partial charge in [-0.25, -0.2) is 10.9 Å². The van der Waals surface area contributed by atoms with E-state index in [2.05, 4.69) is 21.1 Å². The molecule has 2 aromatic rings. The Morgan fingerprint density at radius 1 is 0.641 bits per heavy atom. The van der Waals surface area contributed by atoms with E-state index in [0.717, 1.165) is 0 Å². The summed E-state index contributed by atoms with van der Waals surface area (Å²) in [6, 6.07) is 6.86. The molecule has 2 rings (SSSR count). The van der Waals surface area contributed by atoms with E-state index >= 15 is 0 Å². The minimum Gasteiger partial charge on any atom is -0.493 e. The normalized spacial score (nSPS) is 10.8. The average molecular weight is 563 g/mol. The van der Waals surface area contributed by atoms with Gasteiger partial charge in [0.15, 0.2) is 23.0 Å². The predicted octanol–water partition coefficient (Wildman–Crippen LogP) is 2.85. The molecule has 0 spiro atoms. The van der Waals surface area contributed by atoms with Crippen molar-refractivity contribution in [2.45, 2.75) is 12.8 Å². The number of carbonyl (C=O) groups is 2. The Labute approximate surface area is 232 Å². The van der Waals surface area contributed by atoms with Gasteiger partial charge in [0.25, 0.3) is 0 Å². The Balaban J connectivity index is 1.71. The van der Waals surface area contributed by atoms with E-state index in [-0.39, 0.29) is 24.7 Å². The standard InChI is InChI=1S/C26H34N4O8S/c1-33-19-11-17(12-20(34-2)25(19)37-5)15-27-29-23(31)7-9-39-10-8-24(32)30-28-16-18-13-21(35-3)26(38-6)22(14-18)36-4/h11-16H,7-10H2,1-6H3,(H,29,31)(H,30,32)/b27-15+,28-16+. The van der Waals surface area contributed by atoms with Crippen LogP contribution in [0.1, 0.15) is 24.0 Å². The van der Waals surface area contributed by atoms with Crippen molar-refractivity contribution >= 4 is 36.0 Å². The van der Waals surface area contributed by atoms with Crippen molar-refractivity contribution in [3.05, 3.63) is 35.4 Å². The highest BCUT2D eigenvalue weighted by Crippen LogP contribution is 2.38. The molecular formula is C26H34N4O8S. The minimum absolute atomic E-state index is 0.245. The van der Waals surface area contributed by atoms with Gasteiger partial charge < -0.3 is 28.4 Å². The number of thioether (sulfide) groups is 1. The number of carbonyl (C=O) groups excluding carboxylic acids is 2. The summed E-state index contributed by atoms with van der Waals surface area (Å²) in [4.78, 5) is 24.1. The molecule has 2 aromatic carbocycles. The number of benzene rings is 2. The second-order valence-electron chi connectivity index (χ2n) is 7.62. The molecule has 0 aromatic heterocycles. The van der Waals surface area contributed by atoms with E-state index in [1.807, 2.05) is 0 Å². The molecule has 0 radical (unpaired) electrons. The first kappa shape index (κ1) is 31.1. The van der Waals surface area contributed by atoms with Crippen molar-refractivity contribution in [2.75, 3.05) is 54.2 Å². The molecule has 0 aliphatic rings. The quantitative estimate of drug-likeness (QED) is 0.180. The molecule has 0 aliphatic carbocycles. The van der Waals surface area contributed by atoms with E-state index in [1.54, 1.807) is 24.3 Å². The fraction of sp³-hybridized carbons (Fsp3) is 0.385. The monoisotopic (exact) mass is 562 g/mol. The SMILES string of the molecule is COc1cc(/C=N/NC(=O)CCSCCC(=O)N/N=C/c2cc(OC)c(OC)c(OC)c2)cc(OC)c1OC. The molecule has 2 N–H and O–H groups in total. The lowest BCUT2D eigenvalue weighted by atomic mass is 10.2. The van der Waals surface area contributed by atoms with Crippen LogP contribution in [0.4, 0.5) is 0 Å². The zero-order valence-corrected chi connectivity index (χ0v) is 23.7. The van der Waals surface area contributed by atoms with E-state index in [9.17, 15) is 9.59 Å². The summed E-state index contributed by atoms with van der Waals surface area (Å²) in [5.74, 6) is 3.45. The number of amides is 2. The number of hydrogen-bond acceptors (Lipinski definition) is 11. The molecule has 0 heterocycles. The van der Waals surface area contributed by atoms with Crippen LogP contribution in [0, 0.1) is 0 Å². The topological polar surface area (TPSA) is 138 Å². The molecule has 39 heavy (non-hydrogen) atoms. The first-order chi connectivity index (χ1) is 18.9. The van der Waals surface area contributed by atoms with E-state index < -0.39 is 0 Å². The van der Waals surface area contributed by atoms with E-state index in [0.29, 0.717) is 57.1 Å². The summed E-state index contributed by atoms with van der Waals surface area (Å²) in [6.07, 6.45) is 3.47. The second kappa shape index (κ2) is 16.7. The summed E-state index contributed by atoms with van der Waals surface area (Å²) in [6.45, 7) is 0. The van der Waals surface area contributed by atoms with Gasteiger partial charge in [-0.1, -0.05) is 0 Å². The lowest BCUT2D eigenvalue weighted by Gasteiger charge is -2.12. The third-order valence-electron chi connectivity index (χ3n) is 5.13. The van der Waals surface area contributed by atoms with Crippen LogP contribution in [0.2, 0.25) is 0 Å². The van der Waals surface area contributed by atoms with Crippen LogP contribution >= 0.6 is 11.8 Å². The Bertz CT molecular complexity index is 1030. The maximum atomic E-state index is 12.1. The first-order valence-corrected chi connectivity index (χ1v) is 12.9. The molecule has 0 atom stereocenters. The number of nitrogens with one attached hydrogen (secondary N) is 2. The number of hydrogen-bond donors (Lipinski definition) is 2. The molecule has 12 nitrogen and oxygen atoms in total. The van der Waals surface area contributed by atoms with Gasteiger partial charge in [0.2, 0.25) is 23.3 Å². The molecular weight excluding hydrogens is 528 g/mol. The fourth-order valence-electron chi connectivity index (χ4n) is 3.25. The molecule has 0 saturated heterocycles. The van der Waals surface area contributed by atoms with Gasteiger partial charge in [-0.15, -0.1) is 0 Å². The zero-order valence-electron chi connectivity index (χ0n) is 22.9. The van der Waals surface area contributed by atoms with Crippen LogP contribution < -0.4 is 39.3 Å². The Kier molecular flexibility index (Phi) is 13.3. The third kappa shape index (κ3) is 9.60. The van der Waals surface area contributed by atoms with Gasteiger partial charge in [-0.3, -0.25) is 9.59 Å². The molecule has 0 bridgehead atoms. The third-order valence-corrected chi connectivity index (χ3v) is 6.11. The van der Waals surface area contributed by atoms with Gasteiger partial charge in [0.1, 0.15) is 0 Å². The van der Waals surface area contributed by atoms with Gasteiger partial charge in [-0.2, -0.15) is 22.0 Å². The van der Waals surface area contributed by atoms with Crippen LogP contribution in [0.25, 0.3) is 0 Å². The molecule has 0 saturated carbocycles. The maximum Gasteiger partial charge on any atom is 0.240 e. The number of rotatable bonds is 16. The van der Waals surface area contributed by atoms with Crippen molar-refractivity contribution in [1.82, 2.24) is 10.9 Å². The summed E-state index contributed by atoms with van der Waals surface area (Å²) >= 11 is 1.48. The van der Waals surface area contributed by atoms with Crippen LogP contribution in [0.3, 0.4) is 0 Å². The smallest absolute Gasteiger partial charge is 0.240 e. The highest BCUT2D eigenvalue weighted by atomic mass is 32.2. The molecule has 0 fully saturated rings. The zero-order chi connectivity index (χ0) is 28.6. The Morgan fingerprint density at radius 2 is 0.974 bits per heavy atom. The molecule has 13 heteroatoms. The predicted molar refractivity (Wildman–Crippen MR) is 150 cm³/mol. The van der Waals surface area contributed by atoms with Crippen LogP contribution in [-0.2, 0) is 9.59 Å². The van der Waals surface area contributed by atoms with Crippen molar-refractivity contribution in [3.8, 4) is 34.5 Å². The van der Waals surface area contributed by atoms with Crippen LogP contribution in [-0.4, -0.2) is 78.4 Å². The van der Waals surface area contributed by atoms with Gasteiger partial charge in [0.05, 0.1) is 55.1 Å². The van der Waals surface area contributed by atoms with Gasteiger partial charge >= 0.3 is 0 Å². The largest absolute Gasteiger partial charge is 0.493 e. The fourth-order valence-corrected chi connectivity index (χ4v) is 4.12. The van der Waals surface area contributed by atoms with E-state index in [1.165, 1.54) is 66.8 Å². The number of methoxy groups -OCH3 is 6. The summed E-state index contributed by atoms with van der Waals surface area (Å²) in [5, 5.41) is 7.95. The summed E-state index contributed by atoms with van der Waals surface area (Å²) < 4.78 is 31.8. The Hall–Kier alpha value is -4.13. The summed E-state index contributed by atoms with van der Waals surface area (Å²) in [7, 11) is 9.12. The molecule has 212 valence electrons. The molecule has 0 aliphatic heterocycles. The number of hydrazone groups is 2. The Morgan fingerprint density at radius 3 is 1.26 bits per heavy atom. The highest BCUT2D eigenvalue weighted by Gasteiger charge is 2.13. The minimum atomic E-state index is -0.245.